The van der Waals surface area contributed by atoms with Gasteiger partial charge >= 0.3 is 24.4 Å². The molecule has 152 valence electrons. The van der Waals surface area contributed by atoms with Gasteiger partial charge < -0.3 is 4.42 Å². The average molecular weight is 416 g/mol. The quantitative estimate of drug-likeness (QED) is 0.559. The van der Waals surface area contributed by atoms with Crippen LogP contribution in [0.2, 0.25) is 0 Å². The van der Waals surface area contributed by atoms with Crippen molar-refractivity contribution in [3.05, 3.63) is 60.0 Å². The first-order chi connectivity index (χ1) is 13.5. The van der Waals surface area contributed by atoms with Crippen LogP contribution < -0.4 is 10.6 Å². The summed E-state index contributed by atoms with van der Waals surface area (Å²) in [5.74, 6) is -0.355. The lowest BCUT2D eigenvalue weighted by Crippen LogP contribution is -2.20. The van der Waals surface area contributed by atoms with Crippen molar-refractivity contribution in [3.8, 4) is 11.3 Å². The zero-order valence-electron chi connectivity index (χ0n) is 14.1. The summed E-state index contributed by atoms with van der Waals surface area (Å²) in [4.78, 5) is 19.4. The molecule has 0 unspecified atom stereocenters. The van der Waals surface area contributed by atoms with Gasteiger partial charge in [0.05, 0.1) is 11.1 Å². The van der Waals surface area contributed by atoms with Crippen molar-refractivity contribution >= 4 is 17.9 Å². The fourth-order valence-electron chi connectivity index (χ4n) is 2.21. The molecule has 0 aliphatic carbocycles. The van der Waals surface area contributed by atoms with Crippen LogP contribution in [-0.4, -0.2) is 16.0 Å². The molecule has 6 nitrogen and oxygen atoms in total. The lowest BCUT2D eigenvalue weighted by atomic mass is 10.1. The number of rotatable bonds is 3. The topological polar surface area (TPSA) is 80.0 Å². The van der Waals surface area contributed by atoms with E-state index in [0.717, 1.165) is 30.7 Å². The molecule has 29 heavy (non-hydrogen) atoms. The number of pyridine rings is 1. The van der Waals surface area contributed by atoms with E-state index in [0.29, 0.717) is 11.6 Å². The molecule has 0 fully saturated rings. The number of carbonyl (C=O) groups is 1. The monoisotopic (exact) mass is 416 g/mol. The number of aromatic nitrogens is 2. The summed E-state index contributed by atoms with van der Waals surface area (Å²) in [6, 6.07) is 4.18. The molecule has 0 bridgehead atoms. The summed E-state index contributed by atoms with van der Waals surface area (Å²) in [5, 5.41) is 4.24. The number of alkyl halides is 6. The number of benzene rings is 1. The van der Waals surface area contributed by atoms with Gasteiger partial charge in [0.1, 0.15) is 17.8 Å². The molecule has 0 radical (unpaired) electrons. The third kappa shape index (κ3) is 5.03. The van der Waals surface area contributed by atoms with Crippen LogP contribution >= 0.6 is 0 Å². The Hall–Kier alpha value is -3.57. The van der Waals surface area contributed by atoms with E-state index in [4.69, 9.17) is 4.42 Å². The van der Waals surface area contributed by atoms with E-state index >= 15 is 0 Å². The second-order valence-electron chi connectivity index (χ2n) is 5.62. The van der Waals surface area contributed by atoms with Crippen LogP contribution in [0.5, 0.6) is 0 Å². The van der Waals surface area contributed by atoms with Crippen molar-refractivity contribution in [1.29, 1.82) is 0 Å². The molecule has 0 aliphatic heterocycles. The van der Waals surface area contributed by atoms with Gasteiger partial charge in [-0.2, -0.15) is 31.3 Å². The predicted molar refractivity (Wildman–Crippen MR) is 88.8 cm³/mol. The Bertz CT molecular complexity index is 1010. The number of nitrogens with one attached hydrogen (secondary N) is 2. The third-order valence-electron chi connectivity index (χ3n) is 3.56. The fraction of sp³-hybridized carbons (Fsp3) is 0.118. The van der Waals surface area contributed by atoms with Gasteiger partial charge in [0.15, 0.2) is 0 Å². The number of amides is 2. The molecule has 0 spiro atoms. The van der Waals surface area contributed by atoms with Crippen molar-refractivity contribution in [2.75, 3.05) is 10.6 Å². The highest BCUT2D eigenvalue weighted by Crippen LogP contribution is 2.31. The Labute approximate surface area is 158 Å². The SMILES string of the molecule is O=C(Nc1cc(C(F)(F)F)ccn1)Nc1nc(-c2ccc(C(F)(F)F)cc2)co1. The summed E-state index contributed by atoms with van der Waals surface area (Å²) in [5.41, 5.74) is -1.39. The lowest BCUT2D eigenvalue weighted by Gasteiger charge is -2.08. The lowest BCUT2D eigenvalue weighted by molar-refractivity contribution is -0.138. The van der Waals surface area contributed by atoms with Gasteiger partial charge in [0.25, 0.3) is 0 Å². The summed E-state index contributed by atoms with van der Waals surface area (Å²) in [6.45, 7) is 0. The Morgan fingerprint density at radius 2 is 1.55 bits per heavy atom. The van der Waals surface area contributed by atoms with E-state index in [1.165, 1.54) is 12.1 Å². The zero-order chi connectivity index (χ0) is 21.2. The first-order valence-electron chi connectivity index (χ1n) is 7.77. The molecule has 0 aliphatic rings. The van der Waals surface area contributed by atoms with Crippen molar-refractivity contribution in [2.24, 2.45) is 0 Å². The Kier molecular flexibility index (Phi) is 5.18. The van der Waals surface area contributed by atoms with E-state index in [1.54, 1.807) is 0 Å². The van der Waals surface area contributed by atoms with Gasteiger partial charge in [-0.1, -0.05) is 12.1 Å². The van der Waals surface area contributed by atoms with Crippen LogP contribution in [0.3, 0.4) is 0 Å². The number of hydrogen-bond donors (Lipinski definition) is 2. The Morgan fingerprint density at radius 1 is 0.897 bits per heavy atom. The largest absolute Gasteiger partial charge is 0.431 e. The van der Waals surface area contributed by atoms with Crippen LogP contribution in [0.25, 0.3) is 11.3 Å². The number of carbonyl (C=O) groups excluding carboxylic acids is 1. The highest BCUT2D eigenvalue weighted by molar-refractivity contribution is 5.97. The zero-order valence-corrected chi connectivity index (χ0v) is 14.1. The highest BCUT2D eigenvalue weighted by atomic mass is 19.4. The second kappa shape index (κ2) is 7.45. The van der Waals surface area contributed by atoms with Crippen LogP contribution in [0.15, 0.2) is 53.3 Å². The predicted octanol–water partition coefficient (Wildman–Crippen LogP) is 5.42. The maximum atomic E-state index is 12.7. The highest BCUT2D eigenvalue weighted by Gasteiger charge is 2.31. The molecule has 3 aromatic rings. The first kappa shape index (κ1) is 20.2. The molecule has 0 saturated carbocycles. The number of urea groups is 1. The smallest absolute Gasteiger partial charge is 0.416 e. The fourth-order valence-corrected chi connectivity index (χ4v) is 2.21. The van der Waals surface area contributed by atoms with Crippen LogP contribution in [0.1, 0.15) is 11.1 Å². The number of anilines is 2. The molecular formula is C17H10F6N4O2. The van der Waals surface area contributed by atoms with Gasteiger partial charge in [-0.3, -0.25) is 10.6 Å². The van der Waals surface area contributed by atoms with Gasteiger partial charge in [-0.15, -0.1) is 0 Å². The van der Waals surface area contributed by atoms with Gasteiger partial charge in [0, 0.05) is 11.8 Å². The minimum Gasteiger partial charge on any atom is -0.431 e. The van der Waals surface area contributed by atoms with Gasteiger partial charge in [-0.05, 0) is 24.3 Å². The molecule has 0 saturated heterocycles. The Balaban J connectivity index is 1.66. The van der Waals surface area contributed by atoms with E-state index in [1.807, 2.05) is 0 Å². The molecule has 2 aromatic heterocycles. The first-order valence-corrected chi connectivity index (χ1v) is 7.77. The molecule has 0 atom stereocenters. The Morgan fingerprint density at radius 3 is 2.17 bits per heavy atom. The van der Waals surface area contributed by atoms with Crippen molar-refractivity contribution in [3.63, 3.8) is 0 Å². The maximum Gasteiger partial charge on any atom is 0.416 e. The molecule has 2 N–H and O–H groups in total. The minimum atomic E-state index is -4.60. The number of hydrogen-bond acceptors (Lipinski definition) is 4. The van der Waals surface area contributed by atoms with Gasteiger partial charge in [0.2, 0.25) is 0 Å². The van der Waals surface area contributed by atoms with Crippen LogP contribution in [-0.2, 0) is 12.4 Å². The normalized spacial score (nSPS) is 11.9. The van der Waals surface area contributed by atoms with Crippen LogP contribution in [0.4, 0.5) is 43.0 Å². The molecular weight excluding hydrogens is 406 g/mol. The van der Waals surface area contributed by atoms with Crippen molar-refractivity contribution in [1.82, 2.24) is 9.97 Å². The van der Waals surface area contributed by atoms with Gasteiger partial charge in [-0.25, -0.2) is 9.78 Å². The number of halogens is 6. The summed E-state index contributed by atoms with van der Waals surface area (Å²) >= 11 is 0. The summed E-state index contributed by atoms with van der Waals surface area (Å²) in [6.07, 6.45) is -7.10. The molecule has 2 amide bonds. The molecule has 1 aromatic carbocycles. The second-order valence-corrected chi connectivity index (χ2v) is 5.62. The average Bonchev–Trinajstić information content (AvgIpc) is 3.09. The van der Waals surface area contributed by atoms with E-state index in [-0.39, 0.29) is 17.5 Å². The van der Waals surface area contributed by atoms with E-state index in [9.17, 15) is 31.1 Å². The van der Waals surface area contributed by atoms with Crippen molar-refractivity contribution < 1.29 is 35.6 Å². The standard InChI is InChI=1S/C17H10F6N4O2/c18-16(19,20)10-3-1-9(2-4-10)12-8-29-15(25-12)27-14(28)26-13-7-11(5-6-24-13)17(21,22)23/h1-8H,(H2,24,25,26,27,28). The molecule has 3 rings (SSSR count). The third-order valence-corrected chi connectivity index (χ3v) is 3.56. The van der Waals surface area contributed by atoms with Crippen molar-refractivity contribution in [2.45, 2.75) is 12.4 Å². The van der Waals surface area contributed by atoms with E-state index < -0.39 is 29.5 Å². The van der Waals surface area contributed by atoms with E-state index in [2.05, 4.69) is 20.6 Å². The number of oxazole rings is 1. The minimum absolute atomic E-state index is 0.145. The van der Waals surface area contributed by atoms with Crippen LogP contribution in [0, 0.1) is 0 Å². The summed E-state index contributed by atoms with van der Waals surface area (Å²) < 4.78 is 80.7. The molecule has 12 heteroatoms. The summed E-state index contributed by atoms with van der Waals surface area (Å²) in [7, 11) is 0. The number of nitrogens with zero attached hydrogens (tertiary/aromatic N) is 2. The maximum absolute atomic E-state index is 12.7. The molecule has 2 heterocycles.